The number of ketones is 1. The number of benzene rings is 2. The van der Waals surface area contributed by atoms with E-state index >= 15 is 0 Å². The molecule has 7 nitrogen and oxygen atoms in total. The number of esters is 1. The molecule has 3 atom stereocenters. The van der Waals surface area contributed by atoms with Crippen LogP contribution in [-0.4, -0.2) is 41.8 Å². The molecular formula is C20H17NO6. The predicted molar refractivity (Wildman–Crippen MR) is 93.7 cm³/mol. The Morgan fingerprint density at radius 2 is 1.56 bits per heavy atom. The van der Waals surface area contributed by atoms with Gasteiger partial charge >= 0.3 is 11.9 Å². The van der Waals surface area contributed by atoms with Crippen LogP contribution in [0.2, 0.25) is 0 Å². The van der Waals surface area contributed by atoms with Gasteiger partial charge < -0.3 is 20.3 Å². The zero-order valence-electron chi connectivity index (χ0n) is 14.2. The number of carbonyl (C=O) groups excluding carboxylic acids is 2. The van der Waals surface area contributed by atoms with Gasteiger partial charge in [-0.15, -0.1) is 0 Å². The number of carbonyl (C=O) groups is 3. The predicted octanol–water partition coefficient (Wildman–Crippen LogP) is 1.30. The monoisotopic (exact) mass is 367 g/mol. The number of hydrogen-bond donors (Lipinski definition) is 2. The first-order valence-electron chi connectivity index (χ1n) is 8.51. The molecule has 0 radical (unpaired) electrons. The first-order chi connectivity index (χ1) is 13.0. The van der Waals surface area contributed by atoms with Crippen molar-refractivity contribution in [3.63, 3.8) is 0 Å². The van der Waals surface area contributed by atoms with E-state index in [4.69, 9.17) is 15.2 Å². The molecule has 4 rings (SSSR count). The molecule has 27 heavy (non-hydrogen) atoms. The summed E-state index contributed by atoms with van der Waals surface area (Å²) in [5.74, 6) is -5.70. The van der Waals surface area contributed by atoms with Gasteiger partial charge in [0.05, 0.1) is 0 Å². The summed E-state index contributed by atoms with van der Waals surface area (Å²) in [5.41, 5.74) is 9.50. The van der Waals surface area contributed by atoms with Crippen molar-refractivity contribution in [3.8, 4) is 11.1 Å². The Hall–Kier alpha value is -3.03. The number of aliphatic carboxylic acids is 1. The lowest BCUT2D eigenvalue weighted by Gasteiger charge is -2.16. The molecule has 2 aromatic carbocycles. The van der Waals surface area contributed by atoms with Gasteiger partial charge in [0.15, 0.2) is 11.9 Å². The number of nitrogens with two attached hydrogens (primary N) is 1. The van der Waals surface area contributed by atoms with Crippen molar-refractivity contribution in [3.05, 3.63) is 59.7 Å². The first kappa shape index (κ1) is 17.4. The molecule has 0 saturated carbocycles. The number of rotatable bonds is 6. The number of carboxylic acids is 1. The van der Waals surface area contributed by atoms with E-state index < -0.39 is 36.0 Å². The van der Waals surface area contributed by atoms with Gasteiger partial charge in [-0.2, -0.15) is 0 Å². The van der Waals surface area contributed by atoms with Gasteiger partial charge in [-0.05, 0) is 22.3 Å². The molecular weight excluding hydrogens is 350 g/mol. The summed E-state index contributed by atoms with van der Waals surface area (Å²) in [6.07, 6.45) is -1.92. The van der Waals surface area contributed by atoms with E-state index in [1.165, 1.54) is 0 Å². The van der Waals surface area contributed by atoms with E-state index in [1.54, 1.807) is 0 Å². The normalized spacial score (nSPS) is 21.1. The van der Waals surface area contributed by atoms with Crippen molar-refractivity contribution in [1.29, 1.82) is 0 Å². The van der Waals surface area contributed by atoms with Gasteiger partial charge in [-0.25, -0.2) is 0 Å². The maximum atomic E-state index is 12.3. The molecule has 3 N–H and O–H groups in total. The Morgan fingerprint density at radius 3 is 2.04 bits per heavy atom. The van der Waals surface area contributed by atoms with Crippen molar-refractivity contribution in [2.75, 3.05) is 6.61 Å². The lowest BCUT2D eigenvalue weighted by Crippen LogP contribution is -2.37. The van der Waals surface area contributed by atoms with E-state index in [2.05, 4.69) is 0 Å². The molecule has 0 spiro atoms. The Kier molecular flexibility index (Phi) is 4.25. The number of hydrogen-bond acceptors (Lipinski definition) is 6. The molecule has 0 aromatic heterocycles. The van der Waals surface area contributed by atoms with Crippen LogP contribution in [-0.2, 0) is 23.9 Å². The summed E-state index contributed by atoms with van der Waals surface area (Å²) < 4.78 is 10.0. The molecule has 1 saturated heterocycles. The van der Waals surface area contributed by atoms with Gasteiger partial charge in [0.1, 0.15) is 12.8 Å². The highest BCUT2D eigenvalue weighted by atomic mass is 16.6. The van der Waals surface area contributed by atoms with Crippen molar-refractivity contribution in [1.82, 2.24) is 0 Å². The highest BCUT2D eigenvalue weighted by Crippen LogP contribution is 2.44. The highest BCUT2D eigenvalue weighted by Gasteiger charge is 2.50. The molecule has 0 amide bonds. The van der Waals surface area contributed by atoms with Gasteiger partial charge in [0, 0.05) is 5.92 Å². The van der Waals surface area contributed by atoms with Gasteiger partial charge in [0.25, 0.3) is 0 Å². The van der Waals surface area contributed by atoms with Crippen LogP contribution in [0, 0.1) is 5.92 Å². The van der Waals surface area contributed by atoms with Crippen LogP contribution < -0.4 is 5.73 Å². The zero-order chi connectivity index (χ0) is 19.1. The fourth-order valence-electron chi connectivity index (χ4n) is 3.54. The third kappa shape index (κ3) is 3.01. The average Bonchev–Trinajstić information content (AvgIpc) is 3.30. The summed E-state index contributed by atoms with van der Waals surface area (Å²) >= 11 is 0. The summed E-state index contributed by atoms with van der Waals surface area (Å²) in [6.45, 7) is -0.0541. The minimum Gasteiger partial charge on any atom is -0.480 e. The van der Waals surface area contributed by atoms with Crippen LogP contribution in [0.4, 0.5) is 0 Å². The second-order valence-electron chi connectivity index (χ2n) is 6.55. The lowest BCUT2D eigenvalue weighted by molar-refractivity contribution is -0.161. The van der Waals surface area contributed by atoms with Crippen LogP contribution in [0.3, 0.4) is 0 Å². The minimum atomic E-state index is -1.93. The molecule has 1 aliphatic heterocycles. The fourth-order valence-corrected chi connectivity index (χ4v) is 3.54. The highest BCUT2D eigenvalue weighted by molar-refractivity contribution is 6.16. The topological polar surface area (TPSA) is 119 Å². The van der Waals surface area contributed by atoms with Crippen molar-refractivity contribution in [2.24, 2.45) is 11.7 Å². The second kappa shape index (κ2) is 6.61. The number of Topliss-reactive ketones (excluding diaryl/α,β-unsaturated/α-hetero) is 1. The van der Waals surface area contributed by atoms with Crippen molar-refractivity contribution >= 4 is 17.7 Å². The number of ether oxygens (including phenoxy) is 2. The van der Waals surface area contributed by atoms with Crippen LogP contribution in [0.1, 0.15) is 17.0 Å². The van der Waals surface area contributed by atoms with Gasteiger partial charge in [0.2, 0.25) is 5.92 Å². The summed E-state index contributed by atoms with van der Waals surface area (Å²) in [7, 11) is 0. The minimum absolute atomic E-state index is 0.0541. The number of fused-ring (bicyclic) bond motifs is 3. The molecule has 1 aliphatic carbocycles. The molecule has 3 unspecified atom stereocenters. The Labute approximate surface area is 154 Å². The Morgan fingerprint density at radius 1 is 1.04 bits per heavy atom. The molecule has 7 heteroatoms. The number of carboxylic acid groups (broad SMARTS) is 1. The SMILES string of the molecule is NC1OC1C(=O)C(C(=O)O)C(=O)OCC1c2ccccc2-c2ccccc21. The maximum Gasteiger partial charge on any atom is 0.328 e. The first-order valence-corrected chi connectivity index (χ1v) is 8.51. The number of epoxide rings is 1. The van der Waals surface area contributed by atoms with Crippen molar-refractivity contribution in [2.45, 2.75) is 18.2 Å². The lowest BCUT2D eigenvalue weighted by atomic mass is 9.97. The Bertz CT molecular complexity index is 894. The Balaban J connectivity index is 1.53. The standard InChI is InChI=1S/C20H17NO6/c21-18-17(27-18)16(22)15(19(23)24)20(25)26-9-14-12-7-3-1-5-10(12)11-6-2-4-8-13(11)14/h1-8,14-15,17-18H,9,21H2,(H,23,24). The third-order valence-electron chi connectivity index (χ3n) is 4.93. The third-order valence-corrected chi connectivity index (χ3v) is 4.93. The van der Waals surface area contributed by atoms with E-state index in [-0.39, 0.29) is 12.5 Å². The van der Waals surface area contributed by atoms with Crippen LogP contribution >= 0.6 is 0 Å². The maximum absolute atomic E-state index is 12.3. The van der Waals surface area contributed by atoms with Crippen LogP contribution in [0.5, 0.6) is 0 Å². The quantitative estimate of drug-likeness (QED) is 0.448. The molecule has 2 aromatic rings. The zero-order valence-corrected chi connectivity index (χ0v) is 14.2. The van der Waals surface area contributed by atoms with E-state index in [0.717, 1.165) is 22.3 Å². The van der Waals surface area contributed by atoms with Gasteiger partial charge in [-0.1, -0.05) is 48.5 Å². The summed E-state index contributed by atoms with van der Waals surface area (Å²) in [5, 5.41) is 9.27. The molecule has 2 aliphatic rings. The fraction of sp³-hybridized carbons (Fsp3) is 0.250. The molecule has 138 valence electrons. The van der Waals surface area contributed by atoms with E-state index in [0.29, 0.717) is 0 Å². The summed E-state index contributed by atoms with van der Waals surface area (Å²) in [6, 6.07) is 15.5. The largest absolute Gasteiger partial charge is 0.480 e. The van der Waals surface area contributed by atoms with E-state index in [9.17, 15) is 19.5 Å². The second-order valence-corrected chi connectivity index (χ2v) is 6.55. The smallest absolute Gasteiger partial charge is 0.328 e. The van der Waals surface area contributed by atoms with Crippen LogP contribution in [0.15, 0.2) is 48.5 Å². The molecule has 1 heterocycles. The molecule has 0 bridgehead atoms. The average molecular weight is 367 g/mol. The summed E-state index contributed by atoms with van der Waals surface area (Å²) in [4.78, 5) is 35.8. The van der Waals surface area contributed by atoms with Crippen molar-refractivity contribution < 1.29 is 29.0 Å². The molecule has 1 fully saturated rings. The van der Waals surface area contributed by atoms with E-state index in [1.807, 2.05) is 48.5 Å². The van der Waals surface area contributed by atoms with Gasteiger partial charge in [-0.3, -0.25) is 14.4 Å². The van der Waals surface area contributed by atoms with Crippen LogP contribution in [0.25, 0.3) is 11.1 Å².